The van der Waals surface area contributed by atoms with Crippen LogP contribution in [-0.2, 0) is 36.4 Å². The van der Waals surface area contributed by atoms with Crippen molar-refractivity contribution in [2.45, 2.75) is 45.1 Å². The normalized spacial score (nSPS) is 16.5. The third-order valence-corrected chi connectivity index (χ3v) is 4.87. The summed E-state index contributed by atoms with van der Waals surface area (Å²) in [5.74, 6) is -2.66. The molecule has 2 rings (SSSR count). The maximum atomic E-state index is 13.5. The lowest BCUT2D eigenvalue weighted by Crippen LogP contribution is -2.29. The number of nitro benzene ring substituents is 1. The summed E-state index contributed by atoms with van der Waals surface area (Å²) in [6.07, 6.45) is -3.87. The van der Waals surface area contributed by atoms with Crippen LogP contribution in [-0.4, -0.2) is 56.4 Å². The Hall–Kier alpha value is -2.73. The van der Waals surface area contributed by atoms with E-state index in [4.69, 9.17) is 9.47 Å². The first-order chi connectivity index (χ1) is 15.1. The number of esters is 1. The molecule has 0 amide bonds. The summed E-state index contributed by atoms with van der Waals surface area (Å²) in [7, 11) is 1.46. The van der Waals surface area contributed by atoms with Gasteiger partial charge in [-0.1, -0.05) is 0 Å². The standard InChI is InChI=1S/C20H25F3N2O7/c1-3-30-19(27)16(26)12-13-14(20(21,22)23)7-8-15(18(13)25(28)29)24(2)9-11-32-17-6-4-5-10-31-17/h7-8,17H,3-6,9-12H2,1-2H3. The van der Waals surface area contributed by atoms with Crippen LogP contribution in [0.5, 0.6) is 0 Å². The number of Topliss-reactive ketones (excluding diaryl/α,β-unsaturated/α-hetero) is 1. The number of alkyl halides is 3. The average Bonchev–Trinajstić information content (AvgIpc) is 2.73. The molecule has 0 spiro atoms. The van der Waals surface area contributed by atoms with E-state index in [1.54, 1.807) is 0 Å². The quantitative estimate of drug-likeness (QED) is 0.226. The Morgan fingerprint density at radius 2 is 2.03 bits per heavy atom. The molecule has 1 saturated heterocycles. The monoisotopic (exact) mass is 462 g/mol. The van der Waals surface area contributed by atoms with Crippen molar-refractivity contribution in [1.29, 1.82) is 0 Å². The maximum Gasteiger partial charge on any atom is 0.416 e. The summed E-state index contributed by atoms with van der Waals surface area (Å²) in [6.45, 7) is 2.08. The summed E-state index contributed by atoms with van der Waals surface area (Å²) in [5.41, 5.74) is -3.27. The highest BCUT2D eigenvalue weighted by Gasteiger charge is 2.40. The summed E-state index contributed by atoms with van der Waals surface area (Å²) in [5, 5.41) is 11.8. The first kappa shape index (κ1) is 25.5. The highest BCUT2D eigenvalue weighted by Crippen LogP contribution is 2.41. The number of hydrogen-bond donors (Lipinski definition) is 0. The van der Waals surface area contributed by atoms with Gasteiger partial charge in [0.2, 0.25) is 5.78 Å². The Morgan fingerprint density at radius 1 is 1.31 bits per heavy atom. The van der Waals surface area contributed by atoms with E-state index in [1.807, 2.05) is 0 Å². The van der Waals surface area contributed by atoms with Gasteiger partial charge in [0, 0.05) is 20.2 Å². The van der Waals surface area contributed by atoms with Crippen molar-refractivity contribution in [3.8, 4) is 0 Å². The van der Waals surface area contributed by atoms with E-state index in [9.17, 15) is 32.9 Å². The van der Waals surface area contributed by atoms with Crippen molar-refractivity contribution in [1.82, 2.24) is 0 Å². The van der Waals surface area contributed by atoms with Crippen LogP contribution in [0.25, 0.3) is 0 Å². The molecule has 0 N–H and O–H groups in total. The fourth-order valence-electron chi connectivity index (χ4n) is 3.31. The minimum Gasteiger partial charge on any atom is -0.460 e. The minimum absolute atomic E-state index is 0.121. The number of hydrogen-bond acceptors (Lipinski definition) is 8. The fourth-order valence-corrected chi connectivity index (χ4v) is 3.31. The Morgan fingerprint density at radius 3 is 2.59 bits per heavy atom. The number of halogens is 3. The molecule has 32 heavy (non-hydrogen) atoms. The summed E-state index contributed by atoms with van der Waals surface area (Å²) in [6, 6.07) is 1.63. The second kappa shape index (κ2) is 11.2. The van der Waals surface area contributed by atoms with Crippen molar-refractivity contribution < 1.29 is 41.9 Å². The van der Waals surface area contributed by atoms with E-state index < -0.39 is 52.4 Å². The van der Waals surface area contributed by atoms with Crippen LogP contribution in [0, 0.1) is 10.1 Å². The minimum atomic E-state index is -4.96. The summed E-state index contributed by atoms with van der Waals surface area (Å²) >= 11 is 0. The van der Waals surface area contributed by atoms with Gasteiger partial charge in [0.1, 0.15) is 5.69 Å². The number of nitro groups is 1. The zero-order valence-electron chi connectivity index (χ0n) is 17.8. The largest absolute Gasteiger partial charge is 0.460 e. The van der Waals surface area contributed by atoms with E-state index in [2.05, 4.69) is 4.74 Å². The molecule has 0 aliphatic carbocycles. The van der Waals surface area contributed by atoms with E-state index in [-0.39, 0.29) is 25.4 Å². The molecule has 12 heteroatoms. The van der Waals surface area contributed by atoms with Gasteiger partial charge in [-0.2, -0.15) is 13.2 Å². The van der Waals surface area contributed by atoms with Crippen LogP contribution < -0.4 is 4.90 Å². The molecule has 1 unspecified atom stereocenters. The molecule has 9 nitrogen and oxygen atoms in total. The van der Waals surface area contributed by atoms with Crippen LogP contribution in [0.1, 0.15) is 37.3 Å². The summed E-state index contributed by atoms with van der Waals surface area (Å²) in [4.78, 5) is 35.8. The molecule has 178 valence electrons. The van der Waals surface area contributed by atoms with Gasteiger partial charge in [0.15, 0.2) is 6.29 Å². The molecular formula is C20H25F3N2O7. The number of likely N-dealkylation sites (N-methyl/N-ethyl adjacent to an activating group) is 1. The SMILES string of the molecule is CCOC(=O)C(=O)Cc1c(C(F)(F)F)ccc(N(C)CCOC2CCCCO2)c1[N+](=O)[O-]. The average molecular weight is 462 g/mol. The zero-order valence-corrected chi connectivity index (χ0v) is 17.8. The van der Waals surface area contributed by atoms with Crippen LogP contribution in [0.4, 0.5) is 24.5 Å². The predicted octanol–water partition coefficient (Wildman–Crippen LogP) is 3.27. The van der Waals surface area contributed by atoms with Crippen LogP contribution in [0.2, 0.25) is 0 Å². The van der Waals surface area contributed by atoms with Gasteiger partial charge >= 0.3 is 12.1 Å². The van der Waals surface area contributed by atoms with Gasteiger partial charge in [-0.25, -0.2) is 4.79 Å². The molecule has 0 aromatic heterocycles. The lowest BCUT2D eigenvalue weighted by atomic mass is 9.98. The van der Waals surface area contributed by atoms with Crippen LogP contribution in [0.15, 0.2) is 12.1 Å². The summed E-state index contributed by atoms with van der Waals surface area (Å²) < 4.78 is 56.1. The molecule has 1 aliphatic heterocycles. The molecule has 1 heterocycles. The molecule has 1 aromatic carbocycles. The van der Waals surface area contributed by atoms with E-state index in [1.165, 1.54) is 18.9 Å². The lowest BCUT2D eigenvalue weighted by Gasteiger charge is -2.25. The topological polar surface area (TPSA) is 108 Å². The van der Waals surface area contributed by atoms with Gasteiger partial charge in [0.25, 0.3) is 5.69 Å². The van der Waals surface area contributed by atoms with Gasteiger partial charge in [-0.05, 0) is 38.3 Å². The molecule has 0 bridgehead atoms. The van der Waals surface area contributed by atoms with E-state index in [0.29, 0.717) is 19.1 Å². The zero-order chi connectivity index (χ0) is 23.9. The Balaban J connectivity index is 2.32. The fraction of sp³-hybridized carbons (Fsp3) is 0.600. The lowest BCUT2D eigenvalue weighted by molar-refractivity contribution is -0.385. The number of carbonyl (C=O) groups excluding carboxylic acids is 2. The number of carbonyl (C=O) groups is 2. The van der Waals surface area contributed by atoms with Gasteiger partial charge in [-0.15, -0.1) is 0 Å². The third-order valence-electron chi connectivity index (χ3n) is 4.87. The van der Waals surface area contributed by atoms with Crippen LogP contribution >= 0.6 is 0 Å². The number of rotatable bonds is 10. The van der Waals surface area contributed by atoms with Crippen molar-refractivity contribution >= 4 is 23.1 Å². The first-order valence-electron chi connectivity index (χ1n) is 10.1. The second-order valence-corrected chi connectivity index (χ2v) is 7.12. The number of benzene rings is 1. The van der Waals surface area contributed by atoms with Crippen molar-refractivity contribution in [2.75, 3.05) is 38.3 Å². The second-order valence-electron chi connectivity index (χ2n) is 7.12. The smallest absolute Gasteiger partial charge is 0.416 e. The molecule has 0 saturated carbocycles. The number of nitrogens with zero attached hydrogens (tertiary/aromatic N) is 2. The molecule has 1 atom stereocenters. The number of ketones is 1. The van der Waals surface area contributed by atoms with E-state index >= 15 is 0 Å². The maximum absolute atomic E-state index is 13.5. The van der Waals surface area contributed by atoms with Crippen LogP contribution in [0.3, 0.4) is 0 Å². The molecule has 0 radical (unpaired) electrons. The molecule has 1 aliphatic rings. The predicted molar refractivity (Wildman–Crippen MR) is 106 cm³/mol. The molecule has 1 aromatic rings. The highest BCUT2D eigenvalue weighted by atomic mass is 19.4. The molecule has 1 fully saturated rings. The van der Waals surface area contributed by atoms with Crippen molar-refractivity contribution in [3.63, 3.8) is 0 Å². The number of anilines is 1. The van der Waals surface area contributed by atoms with Crippen molar-refractivity contribution in [3.05, 3.63) is 33.4 Å². The first-order valence-corrected chi connectivity index (χ1v) is 10.1. The van der Waals surface area contributed by atoms with Gasteiger partial charge < -0.3 is 19.1 Å². The Kier molecular flexibility index (Phi) is 8.96. The third kappa shape index (κ3) is 6.63. The number of ether oxygens (including phenoxy) is 3. The highest BCUT2D eigenvalue weighted by molar-refractivity contribution is 6.34. The molecular weight excluding hydrogens is 437 g/mol. The van der Waals surface area contributed by atoms with E-state index in [0.717, 1.165) is 18.9 Å². The Bertz CT molecular complexity index is 839. The van der Waals surface area contributed by atoms with Crippen molar-refractivity contribution in [2.24, 2.45) is 0 Å². The van der Waals surface area contributed by atoms with Gasteiger partial charge in [-0.3, -0.25) is 14.9 Å². The van der Waals surface area contributed by atoms with Gasteiger partial charge in [0.05, 0.1) is 35.7 Å². The Labute approximate surface area is 182 Å².